The number of ether oxygens (including phenoxy) is 1. The molecule has 3 heterocycles. The minimum Gasteiger partial charge on any atom is -0.497 e. The van der Waals surface area contributed by atoms with E-state index in [1.807, 2.05) is 42.5 Å². The highest BCUT2D eigenvalue weighted by Crippen LogP contribution is 2.28. The molecular formula is C23H27N3O4. The van der Waals surface area contributed by atoms with Gasteiger partial charge >= 0.3 is 0 Å². The van der Waals surface area contributed by atoms with E-state index >= 15 is 0 Å². The maximum atomic E-state index is 12.4. The number of nitrogens with zero attached hydrogens (tertiary/aromatic N) is 1. The van der Waals surface area contributed by atoms with Crippen LogP contribution in [-0.2, 0) is 17.8 Å². The molecule has 1 fully saturated rings. The average molecular weight is 409 g/mol. The van der Waals surface area contributed by atoms with Crippen LogP contribution in [-0.4, -0.2) is 31.3 Å². The van der Waals surface area contributed by atoms with E-state index in [9.17, 15) is 4.79 Å². The Balaban J connectivity index is 1.35. The number of hydrogen-bond donors (Lipinski definition) is 2. The number of carbonyl (C=O) groups is 1. The van der Waals surface area contributed by atoms with Gasteiger partial charge in [0, 0.05) is 18.1 Å². The first-order valence-electron chi connectivity index (χ1n) is 10.3. The van der Waals surface area contributed by atoms with Gasteiger partial charge in [0.2, 0.25) is 5.91 Å². The van der Waals surface area contributed by atoms with Crippen LogP contribution in [0.3, 0.4) is 0 Å². The van der Waals surface area contributed by atoms with Crippen molar-refractivity contribution in [3.05, 3.63) is 60.2 Å². The molecule has 0 saturated carbocycles. The van der Waals surface area contributed by atoms with Gasteiger partial charge in [-0.2, -0.15) is 0 Å². The van der Waals surface area contributed by atoms with Crippen molar-refractivity contribution in [3.8, 4) is 17.1 Å². The molecule has 1 amide bonds. The Kier molecular flexibility index (Phi) is 6.49. The van der Waals surface area contributed by atoms with Crippen molar-refractivity contribution in [2.45, 2.75) is 25.8 Å². The molecular weight excluding hydrogens is 382 g/mol. The molecule has 158 valence electrons. The van der Waals surface area contributed by atoms with Crippen molar-refractivity contribution < 1.29 is 18.5 Å². The summed E-state index contributed by atoms with van der Waals surface area (Å²) in [7, 11) is 1.65. The summed E-state index contributed by atoms with van der Waals surface area (Å²) in [6.07, 6.45) is 3.88. The lowest BCUT2D eigenvalue weighted by Crippen LogP contribution is -2.40. The Labute approximate surface area is 175 Å². The summed E-state index contributed by atoms with van der Waals surface area (Å²) in [4.78, 5) is 12.4. The van der Waals surface area contributed by atoms with Gasteiger partial charge in [-0.25, -0.2) is 0 Å². The lowest BCUT2D eigenvalue weighted by atomic mass is 9.81. The summed E-state index contributed by atoms with van der Waals surface area (Å²) in [5.74, 6) is 3.01. The highest BCUT2D eigenvalue weighted by molar-refractivity contribution is 5.76. The van der Waals surface area contributed by atoms with Gasteiger partial charge in [0.05, 0.1) is 25.6 Å². The molecule has 4 rings (SSSR count). The van der Waals surface area contributed by atoms with Gasteiger partial charge in [0.25, 0.3) is 0 Å². The van der Waals surface area contributed by atoms with Crippen LogP contribution >= 0.6 is 0 Å². The number of furan rings is 1. The summed E-state index contributed by atoms with van der Waals surface area (Å²) < 4.78 is 16.0. The number of hydrogen-bond acceptors (Lipinski definition) is 6. The number of aromatic nitrogens is 1. The molecule has 0 unspecified atom stereocenters. The van der Waals surface area contributed by atoms with E-state index in [4.69, 9.17) is 13.7 Å². The maximum absolute atomic E-state index is 12.4. The maximum Gasteiger partial charge on any atom is 0.220 e. The Morgan fingerprint density at radius 2 is 2.13 bits per heavy atom. The lowest BCUT2D eigenvalue weighted by Gasteiger charge is -2.31. The van der Waals surface area contributed by atoms with Crippen molar-refractivity contribution in [1.82, 2.24) is 15.8 Å². The van der Waals surface area contributed by atoms with E-state index in [2.05, 4.69) is 15.8 Å². The minimum absolute atomic E-state index is 0.0578. The van der Waals surface area contributed by atoms with Crippen LogP contribution in [0.1, 0.15) is 24.3 Å². The molecule has 2 N–H and O–H groups in total. The van der Waals surface area contributed by atoms with E-state index in [0.29, 0.717) is 24.8 Å². The lowest BCUT2D eigenvalue weighted by molar-refractivity contribution is -0.122. The van der Waals surface area contributed by atoms with Crippen molar-refractivity contribution in [2.75, 3.05) is 20.2 Å². The number of carbonyl (C=O) groups excluding carboxylic acids is 1. The molecule has 1 saturated heterocycles. The zero-order valence-corrected chi connectivity index (χ0v) is 17.1. The predicted molar refractivity (Wildman–Crippen MR) is 112 cm³/mol. The van der Waals surface area contributed by atoms with Crippen LogP contribution < -0.4 is 15.4 Å². The number of piperidine rings is 1. The Morgan fingerprint density at radius 1 is 1.27 bits per heavy atom. The van der Waals surface area contributed by atoms with E-state index in [1.165, 1.54) is 0 Å². The largest absolute Gasteiger partial charge is 0.497 e. The Bertz CT molecular complexity index is 934. The Hall–Kier alpha value is -3.06. The number of rotatable bonds is 8. The first kappa shape index (κ1) is 20.2. The molecule has 3 aromatic rings. The molecule has 0 bridgehead atoms. The fourth-order valence-electron chi connectivity index (χ4n) is 3.96. The summed E-state index contributed by atoms with van der Waals surface area (Å²) in [5.41, 5.74) is 1.88. The molecule has 1 aliphatic rings. The second-order valence-corrected chi connectivity index (χ2v) is 7.69. The van der Waals surface area contributed by atoms with Crippen LogP contribution in [0.15, 0.2) is 57.7 Å². The van der Waals surface area contributed by atoms with Crippen LogP contribution in [0.2, 0.25) is 0 Å². The second kappa shape index (κ2) is 9.63. The van der Waals surface area contributed by atoms with Crippen molar-refractivity contribution in [1.29, 1.82) is 0 Å². The van der Waals surface area contributed by atoms with Crippen molar-refractivity contribution in [2.24, 2.45) is 11.8 Å². The quantitative estimate of drug-likeness (QED) is 0.593. The highest BCUT2D eigenvalue weighted by atomic mass is 16.5. The van der Waals surface area contributed by atoms with Gasteiger partial charge in [-0.1, -0.05) is 5.16 Å². The number of benzene rings is 1. The molecule has 0 radical (unpaired) electrons. The second-order valence-electron chi connectivity index (χ2n) is 7.69. The van der Waals surface area contributed by atoms with Crippen molar-refractivity contribution >= 4 is 5.91 Å². The summed E-state index contributed by atoms with van der Waals surface area (Å²) in [6, 6.07) is 13.4. The summed E-state index contributed by atoms with van der Waals surface area (Å²) in [6.45, 7) is 2.24. The molecule has 7 nitrogen and oxygen atoms in total. The summed E-state index contributed by atoms with van der Waals surface area (Å²) >= 11 is 0. The third kappa shape index (κ3) is 5.10. The van der Waals surface area contributed by atoms with Gasteiger partial charge in [-0.3, -0.25) is 4.79 Å². The average Bonchev–Trinajstić information content (AvgIpc) is 3.46. The van der Waals surface area contributed by atoms with Gasteiger partial charge < -0.3 is 24.3 Å². The number of amides is 1. The number of nitrogens with one attached hydrogen (secondary N) is 2. The van der Waals surface area contributed by atoms with E-state index in [0.717, 1.165) is 54.5 Å². The first-order valence-corrected chi connectivity index (χ1v) is 10.3. The topological polar surface area (TPSA) is 89.5 Å². The fraction of sp³-hybridized carbons (Fsp3) is 0.391. The minimum atomic E-state index is 0.0578. The SMILES string of the molecule is COc1ccc(-c2cc(C[C@@H]3CNCC[C@H]3CC(=O)NCc3ccco3)no2)cc1. The molecule has 2 aromatic heterocycles. The Morgan fingerprint density at radius 3 is 2.90 bits per heavy atom. The smallest absolute Gasteiger partial charge is 0.220 e. The molecule has 1 aromatic carbocycles. The van der Waals surface area contributed by atoms with Crippen molar-refractivity contribution in [3.63, 3.8) is 0 Å². The van der Waals surface area contributed by atoms with Gasteiger partial charge in [-0.15, -0.1) is 0 Å². The van der Waals surface area contributed by atoms with E-state index in [-0.39, 0.29) is 5.91 Å². The van der Waals surface area contributed by atoms with Crippen LogP contribution in [0.4, 0.5) is 0 Å². The molecule has 0 aliphatic carbocycles. The van der Waals surface area contributed by atoms with Gasteiger partial charge in [0.1, 0.15) is 11.5 Å². The monoisotopic (exact) mass is 409 g/mol. The molecule has 2 atom stereocenters. The van der Waals surface area contributed by atoms with E-state index in [1.54, 1.807) is 13.4 Å². The summed E-state index contributed by atoms with van der Waals surface area (Å²) in [5, 5.41) is 10.7. The highest BCUT2D eigenvalue weighted by Gasteiger charge is 2.28. The van der Waals surface area contributed by atoms with Crippen LogP contribution in [0.5, 0.6) is 5.75 Å². The predicted octanol–water partition coefficient (Wildman–Crippen LogP) is 3.42. The number of methoxy groups -OCH3 is 1. The standard InChI is InChI=1S/C23H27N3O4/c1-28-20-6-4-16(5-7-20)22-13-19(26-30-22)11-18-14-24-9-8-17(18)12-23(27)25-15-21-3-2-10-29-21/h2-7,10,13,17-18,24H,8-9,11-12,14-15H2,1H3,(H,25,27)/t17-,18+/m0/s1. The zero-order valence-electron chi connectivity index (χ0n) is 17.1. The first-order chi connectivity index (χ1) is 14.7. The third-order valence-corrected chi connectivity index (χ3v) is 5.66. The third-order valence-electron chi connectivity index (χ3n) is 5.66. The van der Waals surface area contributed by atoms with Crippen LogP contribution in [0, 0.1) is 11.8 Å². The molecule has 1 aliphatic heterocycles. The zero-order chi connectivity index (χ0) is 20.8. The van der Waals surface area contributed by atoms with E-state index < -0.39 is 0 Å². The normalized spacial score (nSPS) is 18.8. The van der Waals surface area contributed by atoms with Crippen LogP contribution in [0.25, 0.3) is 11.3 Å². The van der Waals surface area contributed by atoms with Gasteiger partial charge in [-0.05, 0) is 74.2 Å². The van der Waals surface area contributed by atoms with Gasteiger partial charge in [0.15, 0.2) is 5.76 Å². The molecule has 0 spiro atoms. The molecule has 30 heavy (non-hydrogen) atoms. The fourth-order valence-corrected chi connectivity index (χ4v) is 3.96. The molecule has 7 heteroatoms.